The van der Waals surface area contributed by atoms with E-state index < -0.39 is 0 Å². The zero-order valence-corrected chi connectivity index (χ0v) is 12.9. The summed E-state index contributed by atoms with van der Waals surface area (Å²) in [5.41, 5.74) is 1.28. The number of ether oxygens (including phenoxy) is 2. The molecule has 0 bridgehead atoms. The summed E-state index contributed by atoms with van der Waals surface area (Å²) in [7, 11) is 1.71. The summed E-state index contributed by atoms with van der Waals surface area (Å²) in [6.45, 7) is 5.46. The van der Waals surface area contributed by atoms with Crippen molar-refractivity contribution in [1.82, 2.24) is 5.32 Å². The van der Waals surface area contributed by atoms with E-state index in [1.54, 1.807) is 7.11 Å². The summed E-state index contributed by atoms with van der Waals surface area (Å²) in [6, 6.07) is 6.86. The summed E-state index contributed by atoms with van der Waals surface area (Å²) < 4.78 is 11.6. The predicted molar refractivity (Wildman–Crippen MR) is 82.7 cm³/mol. The van der Waals surface area contributed by atoms with Gasteiger partial charge in [-0.2, -0.15) is 0 Å². The number of benzene rings is 1. The second-order valence-corrected chi connectivity index (χ2v) is 5.54. The lowest BCUT2D eigenvalue weighted by atomic mass is 10.1. The molecule has 1 fully saturated rings. The lowest BCUT2D eigenvalue weighted by Crippen LogP contribution is -2.28. The second kappa shape index (κ2) is 7.53. The minimum atomic E-state index is 0.311. The van der Waals surface area contributed by atoms with E-state index in [1.807, 2.05) is 6.07 Å². The number of methoxy groups -OCH3 is 1. The molecule has 2 atom stereocenters. The van der Waals surface area contributed by atoms with E-state index in [0.29, 0.717) is 12.1 Å². The highest BCUT2D eigenvalue weighted by Gasteiger charge is 2.26. The van der Waals surface area contributed by atoms with Gasteiger partial charge >= 0.3 is 0 Å². The van der Waals surface area contributed by atoms with E-state index in [0.717, 1.165) is 37.3 Å². The summed E-state index contributed by atoms with van der Waals surface area (Å²) in [5.74, 6) is 1.74. The van der Waals surface area contributed by atoms with Crippen LogP contribution in [0.5, 0.6) is 11.5 Å². The molecular weight excluding hydrogens is 250 g/mol. The maximum absolute atomic E-state index is 6.14. The van der Waals surface area contributed by atoms with Crippen LogP contribution in [0.3, 0.4) is 0 Å². The molecule has 3 heteroatoms. The molecule has 1 N–H and O–H groups in total. The highest BCUT2D eigenvalue weighted by Crippen LogP contribution is 2.32. The topological polar surface area (TPSA) is 30.5 Å². The van der Waals surface area contributed by atoms with Crippen molar-refractivity contribution in [3.05, 3.63) is 23.8 Å². The van der Waals surface area contributed by atoms with Crippen LogP contribution in [0.4, 0.5) is 0 Å². The van der Waals surface area contributed by atoms with Gasteiger partial charge in [0.15, 0.2) is 11.5 Å². The van der Waals surface area contributed by atoms with Gasteiger partial charge in [-0.25, -0.2) is 0 Å². The number of rotatable bonds is 7. The normalized spacial score (nSPS) is 21.9. The fraction of sp³-hybridized carbons (Fsp3) is 0.647. The van der Waals surface area contributed by atoms with Crippen LogP contribution in [0.1, 0.15) is 45.1 Å². The van der Waals surface area contributed by atoms with Crippen LogP contribution in [0.15, 0.2) is 18.2 Å². The van der Waals surface area contributed by atoms with Crippen molar-refractivity contribution in [2.45, 2.75) is 58.1 Å². The minimum Gasteiger partial charge on any atom is -0.493 e. The molecule has 0 spiro atoms. The molecule has 0 aromatic heterocycles. The van der Waals surface area contributed by atoms with Crippen molar-refractivity contribution >= 4 is 0 Å². The van der Waals surface area contributed by atoms with Crippen LogP contribution in [0.2, 0.25) is 0 Å². The van der Waals surface area contributed by atoms with Crippen molar-refractivity contribution in [3.63, 3.8) is 0 Å². The first kappa shape index (κ1) is 15.2. The average molecular weight is 277 g/mol. The summed E-state index contributed by atoms with van der Waals surface area (Å²) >= 11 is 0. The van der Waals surface area contributed by atoms with Gasteiger partial charge in [0.05, 0.1) is 7.11 Å². The molecule has 0 radical (unpaired) electrons. The maximum atomic E-state index is 6.14. The van der Waals surface area contributed by atoms with Crippen LogP contribution >= 0.6 is 0 Å². The Morgan fingerprint density at radius 1 is 1.20 bits per heavy atom. The van der Waals surface area contributed by atoms with Gasteiger partial charge in [0.25, 0.3) is 0 Å². The molecular formula is C17H27NO2. The fourth-order valence-electron chi connectivity index (χ4n) is 2.79. The number of aryl methyl sites for hydroxylation is 1. The van der Waals surface area contributed by atoms with Gasteiger partial charge in [-0.15, -0.1) is 0 Å². The van der Waals surface area contributed by atoms with Crippen molar-refractivity contribution in [2.24, 2.45) is 0 Å². The fourth-order valence-corrected chi connectivity index (χ4v) is 2.79. The Bertz CT molecular complexity index is 419. The average Bonchev–Trinajstić information content (AvgIpc) is 2.93. The van der Waals surface area contributed by atoms with Crippen LogP contribution in [-0.2, 0) is 6.42 Å². The first-order chi connectivity index (χ1) is 9.76. The third-order valence-electron chi connectivity index (χ3n) is 4.00. The van der Waals surface area contributed by atoms with Crippen LogP contribution in [0.25, 0.3) is 0 Å². The van der Waals surface area contributed by atoms with Crippen molar-refractivity contribution < 1.29 is 9.47 Å². The first-order valence-electron chi connectivity index (χ1n) is 7.83. The van der Waals surface area contributed by atoms with Crippen LogP contribution in [0, 0.1) is 0 Å². The molecule has 0 heterocycles. The van der Waals surface area contributed by atoms with Gasteiger partial charge in [0.1, 0.15) is 6.10 Å². The molecule has 2 rings (SSSR count). The van der Waals surface area contributed by atoms with Gasteiger partial charge < -0.3 is 14.8 Å². The zero-order valence-electron chi connectivity index (χ0n) is 12.9. The molecule has 0 amide bonds. The van der Waals surface area contributed by atoms with E-state index in [1.165, 1.54) is 18.4 Å². The monoisotopic (exact) mass is 277 g/mol. The van der Waals surface area contributed by atoms with E-state index >= 15 is 0 Å². The highest BCUT2D eigenvalue weighted by atomic mass is 16.5. The molecule has 2 unspecified atom stereocenters. The van der Waals surface area contributed by atoms with E-state index in [2.05, 4.69) is 31.3 Å². The molecule has 112 valence electrons. The Morgan fingerprint density at radius 3 is 2.75 bits per heavy atom. The largest absolute Gasteiger partial charge is 0.493 e. The van der Waals surface area contributed by atoms with Gasteiger partial charge in [-0.1, -0.05) is 19.9 Å². The van der Waals surface area contributed by atoms with Crippen molar-refractivity contribution in [1.29, 1.82) is 0 Å². The summed E-state index contributed by atoms with van der Waals surface area (Å²) in [5, 5.41) is 3.58. The van der Waals surface area contributed by atoms with E-state index in [4.69, 9.17) is 9.47 Å². The maximum Gasteiger partial charge on any atom is 0.161 e. The van der Waals surface area contributed by atoms with Crippen molar-refractivity contribution in [3.8, 4) is 11.5 Å². The molecule has 1 aliphatic rings. The Hall–Kier alpha value is -1.22. The third-order valence-corrected chi connectivity index (χ3v) is 4.00. The van der Waals surface area contributed by atoms with E-state index in [-0.39, 0.29) is 0 Å². The number of hydrogen-bond acceptors (Lipinski definition) is 3. The van der Waals surface area contributed by atoms with Gasteiger partial charge in [0.2, 0.25) is 0 Å². The SMILES string of the molecule is CCCNC1CCC(Oc2ccc(CC)cc2OC)C1. The quantitative estimate of drug-likeness (QED) is 0.826. The minimum absolute atomic E-state index is 0.311. The number of nitrogens with one attached hydrogen (secondary N) is 1. The second-order valence-electron chi connectivity index (χ2n) is 5.54. The van der Waals surface area contributed by atoms with Crippen LogP contribution < -0.4 is 14.8 Å². The third kappa shape index (κ3) is 3.89. The first-order valence-corrected chi connectivity index (χ1v) is 7.83. The lowest BCUT2D eigenvalue weighted by Gasteiger charge is -2.17. The molecule has 20 heavy (non-hydrogen) atoms. The highest BCUT2D eigenvalue weighted by molar-refractivity contribution is 5.43. The molecule has 1 aliphatic carbocycles. The zero-order chi connectivity index (χ0) is 14.4. The van der Waals surface area contributed by atoms with Gasteiger partial charge in [-0.3, -0.25) is 0 Å². The molecule has 1 aromatic carbocycles. The summed E-state index contributed by atoms with van der Waals surface area (Å²) in [6.07, 6.45) is 5.95. The molecule has 1 aromatic rings. The Labute approximate surface area is 122 Å². The Balaban J connectivity index is 1.93. The molecule has 3 nitrogen and oxygen atoms in total. The Kier molecular flexibility index (Phi) is 5.72. The molecule has 0 aliphatic heterocycles. The van der Waals surface area contributed by atoms with E-state index in [9.17, 15) is 0 Å². The standard InChI is InChI=1S/C17H27NO2/c1-4-10-18-14-7-8-15(12-14)20-16-9-6-13(5-2)11-17(16)19-3/h6,9,11,14-15,18H,4-5,7-8,10,12H2,1-3H3. The van der Waals surface area contributed by atoms with Crippen molar-refractivity contribution in [2.75, 3.05) is 13.7 Å². The predicted octanol–water partition coefficient (Wildman–Crippen LogP) is 3.56. The Morgan fingerprint density at radius 2 is 2.05 bits per heavy atom. The van der Waals surface area contributed by atoms with Gasteiger partial charge in [0, 0.05) is 6.04 Å². The molecule has 0 saturated heterocycles. The smallest absolute Gasteiger partial charge is 0.161 e. The molecule has 1 saturated carbocycles. The number of hydrogen-bond donors (Lipinski definition) is 1. The van der Waals surface area contributed by atoms with Crippen LogP contribution in [-0.4, -0.2) is 25.8 Å². The summed E-state index contributed by atoms with van der Waals surface area (Å²) in [4.78, 5) is 0. The lowest BCUT2D eigenvalue weighted by molar-refractivity contribution is 0.197. The van der Waals surface area contributed by atoms with Gasteiger partial charge in [-0.05, 0) is 56.3 Å².